The molecular formula is C18H38N4O13. The van der Waals surface area contributed by atoms with Crippen molar-refractivity contribution in [3.8, 4) is 0 Å². The fraction of sp³-hybridized carbons (Fsp3) is 1.00. The summed E-state index contributed by atoms with van der Waals surface area (Å²) in [5.74, 6) is 0. The van der Waals surface area contributed by atoms with E-state index in [0.29, 0.717) is 0 Å². The highest BCUT2D eigenvalue weighted by atomic mass is 16.7. The number of aliphatic hydroxyl groups excluding tert-OH is 8. The largest absolute Gasteiger partial charge is 0.394 e. The van der Waals surface area contributed by atoms with Crippen molar-refractivity contribution >= 4 is 0 Å². The van der Waals surface area contributed by atoms with Crippen LogP contribution < -0.4 is 23.4 Å². The Hall–Kier alpha value is -0.680. The average molecular weight is 519 g/mol. The number of hydrogen-bond donors (Lipinski definition) is 12. The first kappa shape index (κ1) is 30.5. The van der Waals surface area contributed by atoms with E-state index in [-0.39, 0.29) is 6.15 Å². The van der Waals surface area contributed by atoms with Gasteiger partial charge in [-0.3, -0.25) is 0 Å². The molecule has 0 bridgehead atoms. The lowest BCUT2D eigenvalue weighted by molar-refractivity contribution is -0.348. The lowest BCUT2D eigenvalue weighted by Crippen LogP contribution is -2.69. The summed E-state index contributed by atoms with van der Waals surface area (Å²) in [7, 11) is 0. The molecule has 3 saturated heterocycles. The van der Waals surface area contributed by atoms with Gasteiger partial charge in [0, 0.05) is 0 Å². The molecule has 17 heteroatoms. The van der Waals surface area contributed by atoms with E-state index in [1.54, 1.807) is 0 Å². The topological polar surface area (TPSA) is 321 Å². The third kappa shape index (κ3) is 6.08. The van der Waals surface area contributed by atoms with Crippen molar-refractivity contribution in [2.45, 2.75) is 91.9 Å². The van der Waals surface area contributed by atoms with E-state index in [1.807, 2.05) is 0 Å². The van der Waals surface area contributed by atoms with E-state index in [1.165, 1.54) is 0 Å². The van der Waals surface area contributed by atoms with Crippen molar-refractivity contribution < 1.29 is 64.5 Å². The van der Waals surface area contributed by atoms with E-state index >= 15 is 0 Å². The van der Waals surface area contributed by atoms with Gasteiger partial charge in [-0.1, -0.05) is 0 Å². The smallest absolute Gasteiger partial charge is 0.176 e. The zero-order valence-electron chi connectivity index (χ0n) is 18.8. The molecule has 0 saturated carbocycles. The zero-order chi connectivity index (χ0) is 25.3. The summed E-state index contributed by atoms with van der Waals surface area (Å²) in [6.07, 6.45) is -16.8. The quantitative estimate of drug-likeness (QED) is 0.149. The molecule has 208 valence electrons. The van der Waals surface area contributed by atoms with Crippen LogP contribution in [0.3, 0.4) is 0 Å². The van der Waals surface area contributed by atoms with Crippen LogP contribution in [-0.2, 0) is 23.7 Å². The van der Waals surface area contributed by atoms with Gasteiger partial charge in [0.2, 0.25) is 0 Å². The van der Waals surface area contributed by atoms with Gasteiger partial charge in [0.15, 0.2) is 18.9 Å². The first-order valence-electron chi connectivity index (χ1n) is 10.8. The van der Waals surface area contributed by atoms with Crippen LogP contribution in [0, 0.1) is 0 Å². The standard InChI is InChI=1S/C18H35N3O13.H3N/c19-7-12(27)14(5(2-23)30-16(7)29)33-18-9(21)13(28)15(6(3-24)32-18)34-17-8(20)11(26)10(25)4(1-22)31-17;/h4-18,22-29H,1-3,19-21H2;1H3/t4-,5-,6-,7-,8-,9-,10-,11-,12-,13-,14-,15-,16-,17+,18+;/m1./s1. The minimum atomic E-state index is -1.56. The Kier molecular flexibility index (Phi) is 11.1. The molecule has 0 aromatic carbocycles. The van der Waals surface area contributed by atoms with Crippen LogP contribution in [-0.4, -0.2) is 153 Å². The van der Waals surface area contributed by atoms with Crippen LogP contribution >= 0.6 is 0 Å². The molecule has 0 spiro atoms. The van der Waals surface area contributed by atoms with Gasteiger partial charge in [-0.2, -0.15) is 0 Å². The molecule has 0 amide bonds. The van der Waals surface area contributed by atoms with Gasteiger partial charge >= 0.3 is 0 Å². The zero-order valence-corrected chi connectivity index (χ0v) is 18.8. The molecule has 17 nitrogen and oxygen atoms in total. The van der Waals surface area contributed by atoms with Crippen molar-refractivity contribution in [1.82, 2.24) is 6.15 Å². The number of hydrogen-bond acceptors (Lipinski definition) is 17. The van der Waals surface area contributed by atoms with Crippen LogP contribution in [0.15, 0.2) is 0 Å². The fourth-order valence-corrected chi connectivity index (χ4v) is 4.18. The summed E-state index contributed by atoms with van der Waals surface area (Å²) in [5.41, 5.74) is 17.6. The molecule has 0 unspecified atom stereocenters. The minimum Gasteiger partial charge on any atom is -0.394 e. The Bertz CT molecular complexity index is 650. The Morgan fingerprint density at radius 1 is 0.543 bits per heavy atom. The first-order chi connectivity index (χ1) is 16.0. The van der Waals surface area contributed by atoms with Crippen molar-refractivity contribution in [2.24, 2.45) is 17.2 Å². The van der Waals surface area contributed by atoms with E-state index in [4.69, 9.17) is 40.9 Å². The van der Waals surface area contributed by atoms with Crippen LogP contribution in [0.25, 0.3) is 0 Å². The van der Waals surface area contributed by atoms with Crippen LogP contribution in [0.4, 0.5) is 0 Å². The molecule has 17 N–H and O–H groups in total. The van der Waals surface area contributed by atoms with Crippen LogP contribution in [0.1, 0.15) is 0 Å². The van der Waals surface area contributed by atoms with Crippen LogP contribution in [0.2, 0.25) is 0 Å². The number of aliphatic hydroxyl groups is 8. The molecule has 0 aromatic rings. The van der Waals surface area contributed by atoms with Crippen molar-refractivity contribution in [1.29, 1.82) is 0 Å². The normalized spacial score (nSPS) is 51.0. The Morgan fingerprint density at radius 3 is 1.43 bits per heavy atom. The number of nitrogens with two attached hydrogens (primary N) is 3. The van der Waals surface area contributed by atoms with E-state index in [0.717, 1.165) is 0 Å². The van der Waals surface area contributed by atoms with E-state index in [9.17, 15) is 40.9 Å². The van der Waals surface area contributed by atoms with Gasteiger partial charge in [-0.05, 0) is 0 Å². The Morgan fingerprint density at radius 2 is 0.943 bits per heavy atom. The Balaban J connectivity index is 0.00000432. The highest BCUT2D eigenvalue weighted by Gasteiger charge is 2.52. The maximum atomic E-state index is 10.8. The summed E-state index contributed by atoms with van der Waals surface area (Å²) in [6.45, 7) is -2.00. The third-order valence-electron chi connectivity index (χ3n) is 6.33. The molecule has 35 heavy (non-hydrogen) atoms. The molecule has 3 aliphatic rings. The van der Waals surface area contributed by atoms with Crippen molar-refractivity contribution in [3.05, 3.63) is 0 Å². The molecule has 3 rings (SSSR count). The maximum Gasteiger partial charge on any atom is 0.176 e. The Labute approximate surface area is 200 Å². The lowest BCUT2D eigenvalue weighted by atomic mass is 9.94. The summed E-state index contributed by atoms with van der Waals surface area (Å²) in [4.78, 5) is 0. The van der Waals surface area contributed by atoms with Gasteiger partial charge in [0.25, 0.3) is 0 Å². The number of rotatable bonds is 7. The third-order valence-corrected chi connectivity index (χ3v) is 6.33. The molecule has 15 atom stereocenters. The van der Waals surface area contributed by atoms with Crippen molar-refractivity contribution in [3.63, 3.8) is 0 Å². The van der Waals surface area contributed by atoms with Gasteiger partial charge in [-0.15, -0.1) is 0 Å². The second kappa shape index (κ2) is 12.7. The maximum absolute atomic E-state index is 10.8. The summed E-state index contributed by atoms with van der Waals surface area (Å²) < 4.78 is 27.4. The van der Waals surface area contributed by atoms with Gasteiger partial charge in [0.05, 0.1) is 37.9 Å². The van der Waals surface area contributed by atoms with Crippen molar-refractivity contribution in [2.75, 3.05) is 19.8 Å². The average Bonchev–Trinajstić information content (AvgIpc) is 2.83. The number of ether oxygens (including phenoxy) is 5. The lowest BCUT2D eigenvalue weighted by Gasteiger charge is -2.48. The second-order valence-electron chi connectivity index (χ2n) is 8.59. The predicted molar refractivity (Wildman–Crippen MR) is 112 cm³/mol. The van der Waals surface area contributed by atoms with Gasteiger partial charge in [0.1, 0.15) is 54.9 Å². The highest BCUT2D eigenvalue weighted by molar-refractivity contribution is 4.98. The van der Waals surface area contributed by atoms with Gasteiger partial charge < -0.3 is 87.9 Å². The molecule has 3 fully saturated rings. The minimum absolute atomic E-state index is 0. The highest BCUT2D eigenvalue weighted by Crippen LogP contribution is 2.30. The second-order valence-corrected chi connectivity index (χ2v) is 8.59. The SMILES string of the molecule is N.N[C@@H]1[C@@H](O)[C@H](O[C@@H]2O[C@H](CO)[C@@H](O[C@@H]3O[C@H](CO)[C@@H](O)[C@H](O)[C@H]3N)[C@H](O)[C@H]2N)[C@@H](CO)O[C@H]1O. The summed E-state index contributed by atoms with van der Waals surface area (Å²) in [5, 5.41) is 79.6. The molecule has 3 aliphatic heterocycles. The van der Waals surface area contributed by atoms with E-state index in [2.05, 4.69) is 0 Å². The molecule has 0 aromatic heterocycles. The molecular weight excluding hydrogens is 480 g/mol. The fourth-order valence-electron chi connectivity index (χ4n) is 4.18. The van der Waals surface area contributed by atoms with Crippen LogP contribution in [0.5, 0.6) is 0 Å². The summed E-state index contributed by atoms with van der Waals surface area (Å²) in [6, 6.07) is -3.87. The molecule has 3 heterocycles. The molecule has 0 aliphatic carbocycles. The van der Waals surface area contributed by atoms with E-state index < -0.39 is 112 Å². The van der Waals surface area contributed by atoms with Gasteiger partial charge in [-0.25, -0.2) is 0 Å². The molecule has 0 radical (unpaired) electrons. The first-order valence-corrected chi connectivity index (χ1v) is 10.8. The monoisotopic (exact) mass is 518 g/mol. The summed E-state index contributed by atoms with van der Waals surface area (Å²) >= 11 is 0. The predicted octanol–water partition coefficient (Wildman–Crippen LogP) is -7.51.